The quantitative estimate of drug-likeness (QED) is 0.701. The molecule has 0 atom stereocenters. The minimum atomic E-state index is -1.07. The van der Waals surface area contributed by atoms with E-state index in [1.54, 1.807) is 13.8 Å². The van der Waals surface area contributed by atoms with Crippen molar-refractivity contribution in [1.29, 1.82) is 0 Å². The average Bonchev–Trinajstić information content (AvgIpc) is 3.17. The molecule has 1 saturated carbocycles. The molecule has 1 amide bonds. The second-order valence-corrected chi connectivity index (χ2v) is 5.24. The van der Waals surface area contributed by atoms with Crippen LogP contribution in [-0.4, -0.2) is 43.0 Å². The number of esters is 2. The van der Waals surface area contributed by atoms with Gasteiger partial charge in [0.2, 0.25) is 5.91 Å². The number of amides is 1. The summed E-state index contributed by atoms with van der Waals surface area (Å²) in [5, 5.41) is 0. The van der Waals surface area contributed by atoms with Crippen LogP contribution in [0.3, 0.4) is 0 Å². The van der Waals surface area contributed by atoms with Gasteiger partial charge in [-0.3, -0.25) is 4.79 Å². The number of ether oxygens (including phenoxy) is 2. The molecule has 1 fully saturated rings. The van der Waals surface area contributed by atoms with Gasteiger partial charge < -0.3 is 14.4 Å². The highest BCUT2D eigenvalue weighted by molar-refractivity contribution is 6.12. The number of rotatable bonds is 3. The zero-order valence-electron chi connectivity index (χ0n) is 11.5. The van der Waals surface area contributed by atoms with Crippen LogP contribution in [0.1, 0.15) is 26.7 Å². The molecule has 19 heavy (non-hydrogen) atoms. The smallest absolute Gasteiger partial charge is 0.355 e. The molecule has 6 nitrogen and oxygen atoms in total. The minimum absolute atomic E-state index is 0.0111. The molecule has 0 saturated heterocycles. The molecule has 0 unspecified atom stereocenters. The van der Waals surface area contributed by atoms with Gasteiger partial charge in [0.25, 0.3) is 0 Å². The Morgan fingerprint density at radius 2 is 1.68 bits per heavy atom. The third-order valence-electron chi connectivity index (χ3n) is 3.54. The molecule has 1 aliphatic carbocycles. The number of nitrogens with zero attached hydrogens (tertiary/aromatic N) is 1. The molecule has 1 aliphatic heterocycles. The summed E-state index contributed by atoms with van der Waals surface area (Å²) in [7, 11) is 2.45. The van der Waals surface area contributed by atoms with Crippen LogP contribution in [0.15, 0.2) is 11.3 Å². The van der Waals surface area contributed by atoms with E-state index in [0.717, 1.165) is 12.8 Å². The van der Waals surface area contributed by atoms with Gasteiger partial charge in [0.1, 0.15) is 5.70 Å². The molecule has 104 valence electrons. The fourth-order valence-corrected chi connectivity index (χ4v) is 2.36. The Hall–Kier alpha value is -1.85. The number of hydrogen-bond donors (Lipinski definition) is 0. The van der Waals surface area contributed by atoms with Gasteiger partial charge >= 0.3 is 11.9 Å². The molecule has 2 rings (SSSR count). The molecule has 0 spiro atoms. The second-order valence-electron chi connectivity index (χ2n) is 5.24. The SMILES string of the molecule is COC(=O)C1=C(C(=O)OC)C(C)(C)C(=O)N1C1CC1. The first-order valence-electron chi connectivity index (χ1n) is 6.11. The highest BCUT2D eigenvalue weighted by atomic mass is 16.5. The van der Waals surface area contributed by atoms with Gasteiger partial charge in [0.15, 0.2) is 0 Å². The molecule has 0 aromatic rings. The largest absolute Gasteiger partial charge is 0.466 e. The second kappa shape index (κ2) is 4.36. The summed E-state index contributed by atoms with van der Waals surface area (Å²) in [5.41, 5.74) is -0.954. The van der Waals surface area contributed by atoms with Crippen LogP contribution in [0.25, 0.3) is 0 Å². The van der Waals surface area contributed by atoms with Crippen molar-refractivity contribution in [3.05, 3.63) is 11.3 Å². The Morgan fingerprint density at radius 3 is 2.11 bits per heavy atom. The Balaban J connectivity index is 2.59. The summed E-state index contributed by atoms with van der Waals surface area (Å²) in [6, 6.07) is -0.0111. The summed E-state index contributed by atoms with van der Waals surface area (Å²) in [6.07, 6.45) is 1.66. The Kier molecular flexibility index (Phi) is 3.12. The van der Waals surface area contributed by atoms with Crippen molar-refractivity contribution >= 4 is 17.8 Å². The van der Waals surface area contributed by atoms with Gasteiger partial charge in [0, 0.05) is 6.04 Å². The van der Waals surface area contributed by atoms with Crippen molar-refractivity contribution in [2.45, 2.75) is 32.7 Å². The van der Waals surface area contributed by atoms with Gasteiger partial charge in [-0.05, 0) is 26.7 Å². The van der Waals surface area contributed by atoms with Crippen molar-refractivity contribution in [2.24, 2.45) is 5.41 Å². The predicted octanol–water partition coefficient (Wildman–Crippen LogP) is 0.617. The van der Waals surface area contributed by atoms with Crippen LogP contribution in [-0.2, 0) is 23.9 Å². The van der Waals surface area contributed by atoms with Crippen LogP contribution in [0.4, 0.5) is 0 Å². The summed E-state index contributed by atoms with van der Waals surface area (Å²) < 4.78 is 9.42. The first kappa shape index (κ1) is 13.6. The summed E-state index contributed by atoms with van der Waals surface area (Å²) >= 11 is 0. The molecule has 0 radical (unpaired) electrons. The van der Waals surface area contributed by atoms with Crippen LogP contribution in [0, 0.1) is 5.41 Å². The lowest BCUT2D eigenvalue weighted by atomic mass is 9.85. The highest BCUT2D eigenvalue weighted by Gasteiger charge is 2.55. The maximum atomic E-state index is 12.4. The van der Waals surface area contributed by atoms with E-state index in [1.807, 2.05) is 0 Å². The average molecular weight is 267 g/mol. The van der Waals surface area contributed by atoms with E-state index in [9.17, 15) is 14.4 Å². The summed E-state index contributed by atoms with van der Waals surface area (Å²) in [4.78, 5) is 37.7. The van der Waals surface area contributed by atoms with E-state index in [-0.39, 0.29) is 23.2 Å². The number of methoxy groups -OCH3 is 2. The van der Waals surface area contributed by atoms with Crippen molar-refractivity contribution in [3.8, 4) is 0 Å². The highest BCUT2D eigenvalue weighted by Crippen LogP contribution is 2.45. The van der Waals surface area contributed by atoms with Crippen LogP contribution < -0.4 is 0 Å². The van der Waals surface area contributed by atoms with Gasteiger partial charge in [-0.15, -0.1) is 0 Å². The molecular formula is C13H17NO5. The van der Waals surface area contributed by atoms with Crippen molar-refractivity contribution < 1.29 is 23.9 Å². The maximum Gasteiger partial charge on any atom is 0.355 e. The monoisotopic (exact) mass is 267 g/mol. The Bertz CT molecular complexity index is 487. The molecule has 0 aromatic carbocycles. The van der Waals surface area contributed by atoms with E-state index in [4.69, 9.17) is 9.47 Å². The minimum Gasteiger partial charge on any atom is -0.466 e. The first-order valence-corrected chi connectivity index (χ1v) is 6.11. The predicted molar refractivity (Wildman–Crippen MR) is 64.7 cm³/mol. The molecule has 6 heteroatoms. The lowest BCUT2D eigenvalue weighted by molar-refractivity contribution is -0.142. The third kappa shape index (κ3) is 1.91. The maximum absolute atomic E-state index is 12.4. The van der Waals surface area contributed by atoms with Crippen molar-refractivity contribution in [1.82, 2.24) is 4.90 Å². The fourth-order valence-electron chi connectivity index (χ4n) is 2.36. The molecule has 0 N–H and O–H groups in total. The zero-order chi connectivity index (χ0) is 14.4. The van der Waals surface area contributed by atoms with Crippen molar-refractivity contribution in [2.75, 3.05) is 14.2 Å². The van der Waals surface area contributed by atoms with E-state index in [0.29, 0.717) is 0 Å². The van der Waals surface area contributed by atoms with Crippen LogP contribution in [0.5, 0.6) is 0 Å². The normalized spacial score (nSPS) is 21.7. The van der Waals surface area contributed by atoms with E-state index in [1.165, 1.54) is 19.1 Å². The van der Waals surface area contributed by atoms with E-state index >= 15 is 0 Å². The Morgan fingerprint density at radius 1 is 1.16 bits per heavy atom. The van der Waals surface area contributed by atoms with Gasteiger partial charge in [-0.1, -0.05) is 0 Å². The van der Waals surface area contributed by atoms with E-state index in [2.05, 4.69) is 0 Å². The van der Waals surface area contributed by atoms with Gasteiger partial charge in [-0.2, -0.15) is 0 Å². The number of carbonyl (C=O) groups excluding carboxylic acids is 3. The van der Waals surface area contributed by atoms with Gasteiger partial charge in [0.05, 0.1) is 25.2 Å². The summed E-state index contributed by atoms with van der Waals surface area (Å²) in [5.74, 6) is -1.59. The third-order valence-corrected chi connectivity index (χ3v) is 3.54. The summed E-state index contributed by atoms with van der Waals surface area (Å²) in [6.45, 7) is 3.24. The van der Waals surface area contributed by atoms with Crippen LogP contribution >= 0.6 is 0 Å². The molecule has 1 heterocycles. The fraction of sp³-hybridized carbons (Fsp3) is 0.615. The molecule has 0 bridgehead atoms. The molecule has 2 aliphatic rings. The van der Waals surface area contributed by atoms with E-state index < -0.39 is 17.4 Å². The number of hydrogen-bond acceptors (Lipinski definition) is 5. The number of carbonyl (C=O) groups is 3. The standard InChI is InChI=1S/C13H17NO5/c1-13(2)8(10(15)18-3)9(11(16)19-4)14(12(13)17)7-5-6-7/h7H,5-6H2,1-4H3. The molecular weight excluding hydrogens is 250 g/mol. The zero-order valence-corrected chi connectivity index (χ0v) is 11.5. The lowest BCUT2D eigenvalue weighted by Crippen LogP contribution is -2.36. The first-order chi connectivity index (χ1) is 8.86. The van der Waals surface area contributed by atoms with Crippen LogP contribution in [0.2, 0.25) is 0 Å². The lowest BCUT2D eigenvalue weighted by Gasteiger charge is -2.21. The van der Waals surface area contributed by atoms with Crippen molar-refractivity contribution in [3.63, 3.8) is 0 Å². The van der Waals surface area contributed by atoms with Gasteiger partial charge in [-0.25, -0.2) is 9.59 Å². The molecule has 0 aromatic heterocycles. The Labute approximate surface area is 111 Å². The topological polar surface area (TPSA) is 72.9 Å².